The predicted octanol–water partition coefficient (Wildman–Crippen LogP) is 4.20. The van der Waals surface area contributed by atoms with Gasteiger partial charge in [-0.25, -0.2) is 8.78 Å². The van der Waals surface area contributed by atoms with E-state index >= 15 is 0 Å². The summed E-state index contributed by atoms with van der Waals surface area (Å²) in [5.41, 5.74) is 0.984. The molecule has 0 radical (unpaired) electrons. The molecule has 0 bridgehead atoms. The van der Waals surface area contributed by atoms with Crippen molar-refractivity contribution in [1.82, 2.24) is 4.90 Å². The second-order valence-electron chi connectivity index (χ2n) is 6.49. The number of hydrogen-bond donors (Lipinski definition) is 0. The number of aryl methyl sites for hydroxylation is 1. The Morgan fingerprint density at radius 3 is 2.68 bits per heavy atom. The molecule has 2 aromatic carbocycles. The number of ether oxygens (including phenoxy) is 1. The largest absolute Gasteiger partial charge is 0.493 e. The van der Waals surface area contributed by atoms with Crippen LogP contribution in [0.25, 0.3) is 0 Å². The third-order valence-corrected chi connectivity index (χ3v) is 4.51. The Kier molecular flexibility index (Phi) is 5.31. The first-order valence-corrected chi connectivity index (χ1v) is 8.47. The summed E-state index contributed by atoms with van der Waals surface area (Å²) < 4.78 is 32.0. The number of carbonyl (C=O) groups is 1. The normalized spacial score (nSPS) is 17.4. The van der Waals surface area contributed by atoms with Crippen LogP contribution in [-0.2, 0) is 0 Å². The second kappa shape index (κ2) is 7.64. The average molecular weight is 345 g/mol. The molecule has 1 amide bonds. The van der Waals surface area contributed by atoms with Gasteiger partial charge in [-0.1, -0.05) is 0 Å². The minimum atomic E-state index is -0.305. The van der Waals surface area contributed by atoms with Gasteiger partial charge in [0.2, 0.25) is 0 Å². The Morgan fingerprint density at radius 2 is 1.96 bits per heavy atom. The maximum absolute atomic E-state index is 13.4. The summed E-state index contributed by atoms with van der Waals surface area (Å²) in [4.78, 5) is 14.4. The number of carbonyl (C=O) groups excluding carboxylic acids is 1. The lowest BCUT2D eigenvalue weighted by atomic mass is 9.98. The van der Waals surface area contributed by atoms with Crippen molar-refractivity contribution in [1.29, 1.82) is 0 Å². The smallest absolute Gasteiger partial charge is 0.253 e. The zero-order valence-electron chi connectivity index (χ0n) is 14.2. The van der Waals surface area contributed by atoms with Crippen LogP contribution in [-0.4, -0.2) is 30.5 Å². The Bertz CT molecular complexity index is 746. The van der Waals surface area contributed by atoms with E-state index in [0.717, 1.165) is 12.8 Å². The van der Waals surface area contributed by atoms with Gasteiger partial charge in [0.25, 0.3) is 5.91 Å². The molecule has 0 saturated carbocycles. The number of benzene rings is 2. The minimum Gasteiger partial charge on any atom is -0.493 e. The van der Waals surface area contributed by atoms with Gasteiger partial charge in [0, 0.05) is 24.6 Å². The maximum Gasteiger partial charge on any atom is 0.253 e. The molecule has 1 atom stereocenters. The lowest BCUT2D eigenvalue weighted by Crippen LogP contribution is -2.41. The highest BCUT2D eigenvalue weighted by molar-refractivity contribution is 5.94. The van der Waals surface area contributed by atoms with Crippen LogP contribution >= 0.6 is 0 Å². The summed E-state index contributed by atoms with van der Waals surface area (Å²) in [6.07, 6.45) is 1.89. The molecule has 0 aromatic heterocycles. The van der Waals surface area contributed by atoms with Crippen LogP contribution in [0.15, 0.2) is 42.5 Å². The van der Waals surface area contributed by atoms with E-state index in [-0.39, 0.29) is 23.5 Å². The van der Waals surface area contributed by atoms with Gasteiger partial charge in [0.1, 0.15) is 17.4 Å². The molecule has 2 aromatic rings. The van der Waals surface area contributed by atoms with Crippen LogP contribution < -0.4 is 4.74 Å². The first kappa shape index (κ1) is 17.4. The van der Waals surface area contributed by atoms with Crippen molar-refractivity contribution >= 4 is 5.91 Å². The number of piperidine rings is 1. The second-order valence-corrected chi connectivity index (χ2v) is 6.49. The van der Waals surface area contributed by atoms with Crippen LogP contribution in [0.3, 0.4) is 0 Å². The van der Waals surface area contributed by atoms with Crippen molar-refractivity contribution in [3.63, 3.8) is 0 Å². The van der Waals surface area contributed by atoms with Gasteiger partial charge in [-0.15, -0.1) is 0 Å². The van der Waals surface area contributed by atoms with Crippen LogP contribution in [0.1, 0.15) is 28.8 Å². The summed E-state index contributed by atoms with van der Waals surface area (Å²) in [5.74, 6) is 0.176. The predicted molar refractivity (Wildman–Crippen MR) is 91.7 cm³/mol. The maximum atomic E-state index is 13.4. The first-order chi connectivity index (χ1) is 12.0. The highest BCUT2D eigenvalue weighted by atomic mass is 19.1. The Balaban J connectivity index is 1.59. The Labute approximate surface area is 146 Å². The molecular formula is C20H21F2NO2. The van der Waals surface area contributed by atoms with Crippen molar-refractivity contribution in [2.75, 3.05) is 19.7 Å². The number of rotatable bonds is 4. The average Bonchev–Trinajstić information content (AvgIpc) is 2.63. The molecule has 1 fully saturated rings. The fraction of sp³-hybridized carbons (Fsp3) is 0.350. The molecule has 3 nitrogen and oxygen atoms in total. The SMILES string of the molecule is Cc1cc(C(=O)N2CCC[C@@H](COc3ccc(F)cc3)C2)ccc1F. The Hall–Kier alpha value is -2.43. The fourth-order valence-corrected chi connectivity index (χ4v) is 3.09. The van der Waals surface area contributed by atoms with Gasteiger partial charge < -0.3 is 9.64 Å². The van der Waals surface area contributed by atoms with E-state index in [1.165, 1.54) is 24.3 Å². The van der Waals surface area contributed by atoms with Crippen molar-refractivity contribution in [3.8, 4) is 5.75 Å². The van der Waals surface area contributed by atoms with E-state index in [1.54, 1.807) is 30.0 Å². The van der Waals surface area contributed by atoms with Gasteiger partial charge in [-0.2, -0.15) is 0 Å². The number of nitrogens with zero attached hydrogens (tertiary/aromatic N) is 1. The zero-order chi connectivity index (χ0) is 17.8. The quantitative estimate of drug-likeness (QED) is 0.831. The summed E-state index contributed by atoms with van der Waals surface area (Å²) in [7, 11) is 0. The van der Waals surface area contributed by atoms with E-state index < -0.39 is 0 Å². The molecule has 3 rings (SSSR count). The zero-order valence-corrected chi connectivity index (χ0v) is 14.2. The van der Waals surface area contributed by atoms with E-state index in [2.05, 4.69) is 0 Å². The third-order valence-electron chi connectivity index (χ3n) is 4.51. The summed E-state index contributed by atoms with van der Waals surface area (Å²) in [5, 5.41) is 0. The van der Waals surface area contributed by atoms with Gasteiger partial charge in [0.15, 0.2) is 0 Å². The van der Waals surface area contributed by atoms with Crippen molar-refractivity contribution in [2.45, 2.75) is 19.8 Å². The highest BCUT2D eigenvalue weighted by Crippen LogP contribution is 2.21. The van der Waals surface area contributed by atoms with Gasteiger partial charge in [-0.05, 0) is 67.8 Å². The molecular weight excluding hydrogens is 324 g/mol. The van der Waals surface area contributed by atoms with Crippen LogP contribution in [0.5, 0.6) is 5.75 Å². The highest BCUT2D eigenvalue weighted by Gasteiger charge is 2.25. The lowest BCUT2D eigenvalue weighted by molar-refractivity contribution is 0.0633. The van der Waals surface area contributed by atoms with Crippen LogP contribution in [0.4, 0.5) is 8.78 Å². The molecule has 25 heavy (non-hydrogen) atoms. The Morgan fingerprint density at radius 1 is 1.20 bits per heavy atom. The summed E-state index contributed by atoms with van der Waals surface area (Å²) in [6.45, 7) is 3.44. The van der Waals surface area contributed by atoms with Crippen molar-refractivity contribution in [3.05, 3.63) is 65.2 Å². The molecule has 5 heteroatoms. The molecule has 1 saturated heterocycles. The van der Waals surface area contributed by atoms with E-state index in [9.17, 15) is 13.6 Å². The van der Waals surface area contributed by atoms with Gasteiger partial charge >= 0.3 is 0 Å². The molecule has 132 valence electrons. The number of hydrogen-bond acceptors (Lipinski definition) is 2. The van der Waals surface area contributed by atoms with E-state index in [1.807, 2.05) is 0 Å². The fourth-order valence-electron chi connectivity index (χ4n) is 3.09. The molecule has 1 aliphatic rings. The monoisotopic (exact) mass is 345 g/mol. The topological polar surface area (TPSA) is 29.5 Å². The number of halogens is 2. The van der Waals surface area contributed by atoms with Gasteiger partial charge in [-0.3, -0.25) is 4.79 Å². The standard InChI is InChI=1S/C20H21F2NO2/c1-14-11-16(4-9-19(14)22)20(24)23-10-2-3-15(12-23)13-25-18-7-5-17(21)6-8-18/h4-9,11,15H,2-3,10,12-13H2,1H3/t15-/m1/s1. The molecule has 0 aliphatic carbocycles. The van der Waals surface area contributed by atoms with Crippen molar-refractivity contribution in [2.24, 2.45) is 5.92 Å². The number of likely N-dealkylation sites (tertiary alicyclic amines) is 1. The molecule has 1 heterocycles. The number of amides is 1. The molecule has 0 spiro atoms. The molecule has 1 aliphatic heterocycles. The van der Waals surface area contributed by atoms with Gasteiger partial charge in [0.05, 0.1) is 6.61 Å². The molecule has 0 unspecified atom stereocenters. The van der Waals surface area contributed by atoms with Crippen LogP contribution in [0.2, 0.25) is 0 Å². The molecule has 0 N–H and O–H groups in total. The minimum absolute atomic E-state index is 0.0745. The van der Waals surface area contributed by atoms with Crippen molar-refractivity contribution < 1.29 is 18.3 Å². The first-order valence-electron chi connectivity index (χ1n) is 8.47. The van der Waals surface area contributed by atoms with E-state index in [4.69, 9.17) is 4.74 Å². The third kappa shape index (κ3) is 4.35. The lowest BCUT2D eigenvalue weighted by Gasteiger charge is -2.32. The van der Waals surface area contributed by atoms with Crippen LogP contribution in [0, 0.1) is 24.5 Å². The summed E-state index contributed by atoms with van der Waals surface area (Å²) >= 11 is 0. The summed E-state index contributed by atoms with van der Waals surface area (Å²) in [6, 6.07) is 10.4. The van der Waals surface area contributed by atoms with E-state index in [0.29, 0.717) is 36.6 Å².